The number of hydrogen-bond acceptors (Lipinski definition) is 6. The zero-order valence-electron chi connectivity index (χ0n) is 15.9. The molecule has 3 rings (SSSR count). The number of rotatable bonds is 8. The number of nitrogens with zero attached hydrogens (tertiary/aromatic N) is 7. The smallest absolute Gasteiger partial charge is 0.358 e. The average Bonchev–Trinajstić information content (AvgIpc) is 3.37. The van der Waals surface area contributed by atoms with Crippen LogP contribution in [0.3, 0.4) is 0 Å². The summed E-state index contributed by atoms with van der Waals surface area (Å²) in [6, 6.07) is 1.38. The number of amides is 1. The van der Waals surface area contributed by atoms with Crippen molar-refractivity contribution in [3.8, 4) is 0 Å². The molecule has 148 valence electrons. The van der Waals surface area contributed by atoms with Gasteiger partial charge < -0.3 is 15.4 Å². The Labute approximate surface area is 161 Å². The lowest BCUT2D eigenvalue weighted by molar-refractivity contribution is -0.389. The highest BCUT2D eigenvalue weighted by molar-refractivity contribution is 5.91. The van der Waals surface area contributed by atoms with Crippen molar-refractivity contribution in [3.05, 3.63) is 52.2 Å². The molecular weight excluding hydrogens is 364 g/mol. The molecule has 3 aromatic rings. The minimum Gasteiger partial charge on any atom is -0.358 e. The maximum absolute atomic E-state index is 12.4. The maximum atomic E-state index is 12.4. The number of hydrogen-bond donors (Lipinski definition) is 1. The number of aromatic nitrogens is 6. The van der Waals surface area contributed by atoms with Crippen molar-refractivity contribution in [3.63, 3.8) is 0 Å². The molecule has 1 unspecified atom stereocenters. The van der Waals surface area contributed by atoms with Gasteiger partial charge in [0.15, 0.2) is 0 Å². The fourth-order valence-corrected chi connectivity index (χ4v) is 2.74. The van der Waals surface area contributed by atoms with Crippen LogP contribution >= 0.6 is 0 Å². The third-order valence-corrected chi connectivity index (χ3v) is 4.31. The largest absolute Gasteiger partial charge is 0.390 e. The molecule has 1 atom stereocenters. The highest BCUT2D eigenvalue weighted by Crippen LogP contribution is 2.14. The second kappa shape index (κ2) is 8.03. The molecule has 0 saturated heterocycles. The summed E-state index contributed by atoms with van der Waals surface area (Å²) < 4.78 is 5.03. The van der Waals surface area contributed by atoms with Crippen LogP contribution in [0, 0.1) is 23.0 Å². The molecule has 28 heavy (non-hydrogen) atoms. The van der Waals surface area contributed by atoms with E-state index < -0.39 is 10.8 Å². The van der Waals surface area contributed by atoms with Gasteiger partial charge in [-0.3, -0.25) is 14.2 Å². The second-order valence-electron chi connectivity index (χ2n) is 6.60. The van der Waals surface area contributed by atoms with Crippen LogP contribution in [0.1, 0.15) is 25.1 Å². The molecule has 0 bridgehead atoms. The van der Waals surface area contributed by atoms with Gasteiger partial charge in [-0.2, -0.15) is 14.9 Å². The molecule has 3 aromatic heterocycles. The Balaban J connectivity index is 1.58. The molecule has 11 nitrogen and oxygen atoms in total. The summed E-state index contributed by atoms with van der Waals surface area (Å²) in [5.41, 5.74) is 2.24. The molecule has 0 fully saturated rings. The topological polar surface area (TPSA) is 126 Å². The van der Waals surface area contributed by atoms with Crippen LogP contribution in [0.2, 0.25) is 0 Å². The lowest BCUT2D eigenvalue weighted by Crippen LogP contribution is -2.25. The summed E-state index contributed by atoms with van der Waals surface area (Å²) in [6.07, 6.45) is 7.07. The molecule has 0 radical (unpaired) electrons. The van der Waals surface area contributed by atoms with Gasteiger partial charge in [0.1, 0.15) is 0 Å². The van der Waals surface area contributed by atoms with E-state index in [-0.39, 0.29) is 18.3 Å². The Hall–Kier alpha value is -3.50. The predicted molar refractivity (Wildman–Crippen MR) is 101 cm³/mol. The second-order valence-corrected chi connectivity index (χ2v) is 6.60. The zero-order valence-corrected chi connectivity index (χ0v) is 15.9. The summed E-state index contributed by atoms with van der Waals surface area (Å²) in [7, 11) is 0. The molecule has 11 heteroatoms. The quantitative estimate of drug-likeness (QED) is 0.465. The van der Waals surface area contributed by atoms with Gasteiger partial charge in [0, 0.05) is 24.5 Å². The highest BCUT2D eigenvalue weighted by Gasteiger charge is 2.21. The first kappa shape index (κ1) is 19.3. The SMILES string of the molecule is CCn1cc(Cn2cc(NC(=O)C(C)Cn3nc([N+](=O)[O-])cc3C)cn2)cn1. The van der Waals surface area contributed by atoms with Crippen LogP contribution in [-0.2, 0) is 24.4 Å². The number of nitro groups is 1. The third kappa shape index (κ3) is 4.42. The maximum Gasteiger partial charge on any atom is 0.390 e. The molecule has 3 heterocycles. The average molecular weight is 386 g/mol. The molecule has 0 aliphatic rings. The van der Waals surface area contributed by atoms with E-state index in [1.807, 2.05) is 17.8 Å². The van der Waals surface area contributed by atoms with Crippen LogP contribution < -0.4 is 5.32 Å². The minimum atomic E-state index is -0.549. The van der Waals surface area contributed by atoms with Gasteiger partial charge in [-0.15, -0.1) is 0 Å². The Bertz CT molecular complexity index is 986. The van der Waals surface area contributed by atoms with E-state index in [2.05, 4.69) is 20.6 Å². The van der Waals surface area contributed by atoms with E-state index in [1.165, 1.54) is 10.7 Å². The monoisotopic (exact) mass is 386 g/mol. The molecule has 0 aliphatic heterocycles. The van der Waals surface area contributed by atoms with Gasteiger partial charge in [0.25, 0.3) is 0 Å². The highest BCUT2D eigenvalue weighted by atomic mass is 16.6. The van der Waals surface area contributed by atoms with Gasteiger partial charge in [-0.25, -0.2) is 0 Å². The molecular formula is C17H22N8O3. The van der Waals surface area contributed by atoms with Gasteiger partial charge >= 0.3 is 5.82 Å². The number of nitrogens with one attached hydrogen (secondary N) is 1. The van der Waals surface area contributed by atoms with Crippen molar-refractivity contribution in [1.82, 2.24) is 29.3 Å². The minimum absolute atomic E-state index is 0.212. The van der Waals surface area contributed by atoms with E-state index in [4.69, 9.17) is 0 Å². The van der Waals surface area contributed by atoms with Crippen LogP contribution in [0.5, 0.6) is 0 Å². The van der Waals surface area contributed by atoms with Crippen LogP contribution in [0.15, 0.2) is 30.9 Å². The first-order chi connectivity index (χ1) is 13.4. The zero-order chi connectivity index (χ0) is 20.3. The lowest BCUT2D eigenvalue weighted by Gasteiger charge is -2.10. The summed E-state index contributed by atoms with van der Waals surface area (Å²) >= 11 is 0. The van der Waals surface area contributed by atoms with Crippen LogP contribution in [0.25, 0.3) is 0 Å². The van der Waals surface area contributed by atoms with E-state index >= 15 is 0 Å². The summed E-state index contributed by atoms with van der Waals surface area (Å²) in [5.74, 6) is -0.863. The van der Waals surface area contributed by atoms with Crippen molar-refractivity contribution in [1.29, 1.82) is 0 Å². The third-order valence-electron chi connectivity index (χ3n) is 4.31. The number of carbonyl (C=O) groups is 1. The van der Waals surface area contributed by atoms with Crippen LogP contribution in [-0.4, -0.2) is 40.2 Å². The summed E-state index contributed by atoms with van der Waals surface area (Å²) in [5, 5.41) is 26.0. The number of carbonyl (C=O) groups excluding carboxylic acids is 1. The van der Waals surface area contributed by atoms with E-state index in [0.717, 1.165) is 12.1 Å². The van der Waals surface area contributed by atoms with Crippen molar-refractivity contribution < 1.29 is 9.72 Å². The standard InChI is InChI=1S/C17H22N8O3/c1-4-22-9-14(6-18-22)10-23-11-15(7-19-23)20-17(26)12(2)8-24-13(3)5-16(21-24)25(27)28/h5-7,9,11-12H,4,8,10H2,1-3H3,(H,20,26). The molecule has 0 aromatic carbocycles. The Morgan fingerprint density at radius 3 is 2.68 bits per heavy atom. The van der Waals surface area contributed by atoms with Crippen molar-refractivity contribution in [2.24, 2.45) is 5.92 Å². The Morgan fingerprint density at radius 2 is 2.04 bits per heavy atom. The van der Waals surface area contributed by atoms with Crippen molar-refractivity contribution in [2.45, 2.75) is 40.4 Å². The van der Waals surface area contributed by atoms with Crippen molar-refractivity contribution >= 4 is 17.4 Å². The molecule has 0 spiro atoms. The fraction of sp³-hybridized carbons (Fsp3) is 0.412. The lowest BCUT2D eigenvalue weighted by atomic mass is 10.1. The summed E-state index contributed by atoms with van der Waals surface area (Å²) in [4.78, 5) is 22.7. The van der Waals surface area contributed by atoms with Gasteiger partial charge in [0.05, 0.1) is 53.9 Å². The normalized spacial score (nSPS) is 12.1. The fourth-order valence-electron chi connectivity index (χ4n) is 2.74. The molecule has 0 saturated carbocycles. The van der Waals surface area contributed by atoms with Crippen molar-refractivity contribution in [2.75, 3.05) is 5.32 Å². The van der Waals surface area contributed by atoms with Gasteiger partial charge in [0.2, 0.25) is 5.91 Å². The van der Waals surface area contributed by atoms with E-state index in [1.54, 1.807) is 37.1 Å². The van der Waals surface area contributed by atoms with Crippen LogP contribution in [0.4, 0.5) is 11.5 Å². The van der Waals surface area contributed by atoms with Gasteiger partial charge in [-0.1, -0.05) is 6.92 Å². The number of aryl methyl sites for hydroxylation is 2. The first-order valence-electron chi connectivity index (χ1n) is 8.89. The van der Waals surface area contributed by atoms with E-state index in [9.17, 15) is 14.9 Å². The first-order valence-corrected chi connectivity index (χ1v) is 8.89. The molecule has 0 aliphatic carbocycles. The Morgan fingerprint density at radius 1 is 1.29 bits per heavy atom. The summed E-state index contributed by atoms with van der Waals surface area (Å²) in [6.45, 7) is 7.08. The van der Waals surface area contributed by atoms with E-state index in [0.29, 0.717) is 17.9 Å². The Kier molecular flexibility index (Phi) is 5.52. The predicted octanol–water partition coefficient (Wildman–Crippen LogP) is 1.84. The number of anilines is 1. The van der Waals surface area contributed by atoms with Gasteiger partial charge in [-0.05, 0) is 18.8 Å². The molecule has 1 N–H and O–H groups in total. The molecule has 1 amide bonds.